The first-order valence-electron chi connectivity index (χ1n) is 8.20. The monoisotopic (exact) mass is 391 g/mol. The van der Waals surface area contributed by atoms with E-state index in [2.05, 4.69) is 15.3 Å². The summed E-state index contributed by atoms with van der Waals surface area (Å²) < 4.78 is 12.2. The second kappa shape index (κ2) is 9.79. The lowest BCUT2D eigenvalue weighted by atomic mass is 10.2. The third-order valence-corrected chi connectivity index (χ3v) is 5.13. The highest BCUT2D eigenvalue weighted by atomic mass is 32.2. The SMILES string of the molecule is Cc1[nH]c(=O)[nH]c(=O)c1/C=C\C(=O)N[C@@H](CO)C[S@@](=O)Cc1ccccc1. The summed E-state index contributed by atoms with van der Waals surface area (Å²) in [5, 5.41) is 12.0. The molecule has 9 heteroatoms. The van der Waals surface area contributed by atoms with Crippen molar-refractivity contribution in [2.24, 2.45) is 0 Å². The van der Waals surface area contributed by atoms with Crippen molar-refractivity contribution in [1.29, 1.82) is 0 Å². The number of hydrogen-bond donors (Lipinski definition) is 4. The van der Waals surface area contributed by atoms with Gasteiger partial charge in [-0.1, -0.05) is 30.3 Å². The van der Waals surface area contributed by atoms with Crippen molar-refractivity contribution in [3.8, 4) is 0 Å². The van der Waals surface area contributed by atoms with Gasteiger partial charge >= 0.3 is 5.69 Å². The van der Waals surface area contributed by atoms with Gasteiger partial charge in [-0.15, -0.1) is 0 Å². The number of benzene rings is 1. The molecule has 0 radical (unpaired) electrons. The molecule has 27 heavy (non-hydrogen) atoms. The Labute approximate surface area is 157 Å². The van der Waals surface area contributed by atoms with Gasteiger partial charge in [0.15, 0.2) is 0 Å². The normalized spacial score (nSPS) is 13.4. The molecule has 1 heterocycles. The number of aliphatic hydroxyl groups excluding tert-OH is 1. The number of nitrogens with one attached hydrogen (secondary N) is 3. The molecule has 0 saturated carbocycles. The molecule has 2 aromatic rings. The van der Waals surface area contributed by atoms with Gasteiger partial charge in [-0.25, -0.2) is 4.79 Å². The minimum absolute atomic E-state index is 0.100. The number of H-pyrrole nitrogens is 2. The van der Waals surface area contributed by atoms with Crippen LogP contribution in [0.25, 0.3) is 6.08 Å². The molecule has 0 unspecified atom stereocenters. The van der Waals surface area contributed by atoms with Gasteiger partial charge in [-0.3, -0.25) is 18.8 Å². The van der Waals surface area contributed by atoms with Crippen LogP contribution >= 0.6 is 0 Å². The van der Waals surface area contributed by atoms with E-state index in [-0.39, 0.29) is 17.9 Å². The second-order valence-corrected chi connectivity index (χ2v) is 7.41. The van der Waals surface area contributed by atoms with Crippen molar-refractivity contribution in [2.45, 2.75) is 18.7 Å². The number of rotatable bonds is 8. The van der Waals surface area contributed by atoms with Crippen molar-refractivity contribution in [1.82, 2.24) is 15.3 Å². The zero-order valence-electron chi connectivity index (χ0n) is 14.7. The fraction of sp³-hybridized carbons (Fsp3) is 0.278. The van der Waals surface area contributed by atoms with E-state index in [0.29, 0.717) is 11.4 Å². The minimum Gasteiger partial charge on any atom is -0.394 e. The summed E-state index contributed by atoms with van der Waals surface area (Å²) in [5.74, 6) is -0.117. The van der Waals surface area contributed by atoms with Gasteiger partial charge in [0, 0.05) is 34.1 Å². The molecule has 0 aliphatic rings. The van der Waals surface area contributed by atoms with E-state index in [1.807, 2.05) is 30.3 Å². The van der Waals surface area contributed by atoms with Gasteiger partial charge in [0.05, 0.1) is 18.2 Å². The smallest absolute Gasteiger partial charge is 0.325 e. The van der Waals surface area contributed by atoms with E-state index in [9.17, 15) is 23.7 Å². The average Bonchev–Trinajstić information content (AvgIpc) is 2.61. The van der Waals surface area contributed by atoms with Crippen LogP contribution in [0.2, 0.25) is 0 Å². The Morgan fingerprint density at radius 2 is 1.96 bits per heavy atom. The number of carbonyl (C=O) groups is 1. The number of aromatic nitrogens is 2. The third-order valence-electron chi connectivity index (χ3n) is 3.70. The Morgan fingerprint density at radius 3 is 2.59 bits per heavy atom. The molecule has 1 amide bonds. The number of aryl methyl sites for hydroxylation is 1. The zero-order chi connectivity index (χ0) is 19.8. The summed E-state index contributed by atoms with van der Waals surface area (Å²) >= 11 is 0. The number of aromatic amines is 2. The number of amides is 1. The topological polar surface area (TPSA) is 132 Å². The largest absolute Gasteiger partial charge is 0.394 e. The predicted molar refractivity (Wildman–Crippen MR) is 104 cm³/mol. The first-order valence-corrected chi connectivity index (χ1v) is 9.69. The van der Waals surface area contributed by atoms with Crippen LogP contribution in [0.4, 0.5) is 0 Å². The maximum Gasteiger partial charge on any atom is 0.325 e. The van der Waals surface area contributed by atoms with Gasteiger partial charge < -0.3 is 15.4 Å². The molecule has 2 rings (SSSR count). The Bertz CT molecular complexity index is 949. The van der Waals surface area contributed by atoms with Gasteiger partial charge in [0.2, 0.25) is 5.91 Å². The van der Waals surface area contributed by atoms with E-state index >= 15 is 0 Å². The molecule has 0 fully saturated rings. The Balaban J connectivity index is 1.95. The van der Waals surface area contributed by atoms with Gasteiger partial charge in [-0.2, -0.15) is 0 Å². The molecule has 0 aliphatic heterocycles. The predicted octanol–water partition coefficient (Wildman–Crippen LogP) is -0.189. The Hall–Kier alpha value is -2.78. The summed E-state index contributed by atoms with van der Waals surface area (Å²) in [5.41, 5.74) is 0.156. The van der Waals surface area contributed by atoms with E-state index in [4.69, 9.17) is 0 Å². The van der Waals surface area contributed by atoms with Crippen LogP contribution in [0.3, 0.4) is 0 Å². The van der Waals surface area contributed by atoms with Gasteiger partial charge in [0.25, 0.3) is 5.56 Å². The Morgan fingerprint density at radius 1 is 1.26 bits per heavy atom. The molecular weight excluding hydrogens is 370 g/mol. The first kappa shape index (κ1) is 20.5. The third kappa shape index (κ3) is 6.46. The number of aliphatic hydroxyl groups is 1. The molecule has 144 valence electrons. The highest BCUT2D eigenvalue weighted by Crippen LogP contribution is 2.04. The zero-order valence-corrected chi connectivity index (χ0v) is 15.5. The van der Waals surface area contributed by atoms with Crippen molar-refractivity contribution >= 4 is 22.8 Å². The maximum atomic E-state index is 12.2. The van der Waals surface area contributed by atoms with Crippen molar-refractivity contribution in [3.63, 3.8) is 0 Å². The lowest BCUT2D eigenvalue weighted by molar-refractivity contribution is -0.117. The van der Waals surface area contributed by atoms with Crippen LogP contribution in [0.5, 0.6) is 0 Å². The quantitative estimate of drug-likeness (QED) is 0.463. The molecule has 0 saturated heterocycles. The molecule has 2 atom stereocenters. The van der Waals surface area contributed by atoms with E-state index in [1.54, 1.807) is 0 Å². The molecule has 0 aliphatic carbocycles. The van der Waals surface area contributed by atoms with Crippen molar-refractivity contribution in [3.05, 3.63) is 74.1 Å². The minimum atomic E-state index is -1.26. The highest BCUT2D eigenvalue weighted by molar-refractivity contribution is 7.84. The second-order valence-electron chi connectivity index (χ2n) is 5.90. The molecule has 8 nitrogen and oxygen atoms in total. The fourth-order valence-electron chi connectivity index (χ4n) is 2.40. The summed E-state index contributed by atoms with van der Waals surface area (Å²) in [6, 6.07) is 8.60. The number of carbonyl (C=O) groups excluding carboxylic acids is 1. The average molecular weight is 391 g/mol. The van der Waals surface area contributed by atoms with Gasteiger partial charge in [-0.05, 0) is 18.6 Å². The summed E-state index contributed by atoms with van der Waals surface area (Å²) in [6.07, 6.45) is 2.40. The highest BCUT2D eigenvalue weighted by Gasteiger charge is 2.14. The lowest BCUT2D eigenvalue weighted by Crippen LogP contribution is -2.40. The molecule has 4 N–H and O–H groups in total. The van der Waals surface area contributed by atoms with Crippen LogP contribution in [-0.2, 0) is 21.3 Å². The summed E-state index contributed by atoms with van der Waals surface area (Å²) in [7, 11) is -1.26. The van der Waals surface area contributed by atoms with Crippen LogP contribution in [0.1, 0.15) is 16.8 Å². The van der Waals surface area contributed by atoms with Gasteiger partial charge in [0.1, 0.15) is 0 Å². The molecule has 1 aromatic heterocycles. The summed E-state index contributed by atoms with van der Waals surface area (Å²) in [6.45, 7) is 1.18. The number of hydrogen-bond acceptors (Lipinski definition) is 5. The van der Waals surface area contributed by atoms with E-state index in [1.165, 1.54) is 13.0 Å². The van der Waals surface area contributed by atoms with E-state index < -0.39 is 34.0 Å². The first-order chi connectivity index (χ1) is 12.9. The summed E-state index contributed by atoms with van der Waals surface area (Å²) in [4.78, 5) is 39.4. The fourth-order valence-corrected chi connectivity index (χ4v) is 3.72. The van der Waals surface area contributed by atoms with Crippen LogP contribution in [-0.4, -0.2) is 43.6 Å². The van der Waals surface area contributed by atoms with Crippen molar-refractivity contribution < 1.29 is 14.1 Å². The maximum absolute atomic E-state index is 12.2. The van der Waals surface area contributed by atoms with Crippen LogP contribution < -0.4 is 16.6 Å². The molecule has 0 bridgehead atoms. The van der Waals surface area contributed by atoms with Crippen LogP contribution in [0.15, 0.2) is 46.0 Å². The molecule has 1 aromatic carbocycles. The lowest BCUT2D eigenvalue weighted by Gasteiger charge is -2.14. The van der Waals surface area contributed by atoms with E-state index in [0.717, 1.165) is 11.6 Å². The Kier molecular flexibility index (Phi) is 7.44. The van der Waals surface area contributed by atoms with Crippen LogP contribution in [0, 0.1) is 6.92 Å². The molecular formula is C18H21N3O5S. The molecule has 0 spiro atoms. The standard InChI is InChI=1S/C18H21N3O5S/c1-12-15(17(24)21-18(25)19-12)7-8-16(23)20-14(9-22)11-27(26)10-13-5-3-2-4-6-13/h2-8,14,22H,9-11H2,1H3,(H,20,23)(H2,19,21,24,25)/b8-7-/t14-,27-/m0/s1. The van der Waals surface area contributed by atoms with Crippen molar-refractivity contribution in [2.75, 3.05) is 12.4 Å².